The van der Waals surface area contributed by atoms with E-state index in [1.807, 2.05) is 13.8 Å². The van der Waals surface area contributed by atoms with E-state index < -0.39 is 15.9 Å². The second-order valence-corrected chi connectivity index (χ2v) is 9.89. The molecule has 0 unspecified atom stereocenters. The van der Waals surface area contributed by atoms with Gasteiger partial charge in [0.05, 0.1) is 26.5 Å². The second-order valence-electron chi connectivity index (χ2n) is 8.35. The van der Waals surface area contributed by atoms with Crippen molar-refractivity contribution in [3.05, 3.63) is 78.1 Å². The zero-order valence-electron chi connectivity index (χ0n) is 20.5. The van der Waals surface area contributed by atoms with E-state index in [9.17, 15) is 17.6 Å². The van der Waals surface area contributed by atoms with Gasteiger partial charge in [-0.2, -0.15) is 8.42 Å². The Kier molecular flexibility index (Phi) is 8.76. The summed E-state index contributed by atoms with van der Waals surface area (Å²) in [6.07, 6.45) is 0. The summed E-state index contributed by atoms with van der Waals surface area (Å²) in [6.45, 7) is 4.40. The van der Waals surface area contributed by atoms with Gasteiger partial charge in [0.1, 0.15) is 16.4 Å². The first-order valence-electron chi connectivity index (χ1n) is 11.2. The summed E-state index contributed by atoms with van der Waals surface area (Å²) < 4.78 is 55.4. The van der Waals surface area contributed by atoms with Crippen LogP contribution < -0.4 is 19.0 Å². The minimum absolute atomic E-state index is 0.0348. The average Bonchev–Trinajstić information content (AvgIpc) is 2.84. The Morgan fingerprint density at radius 2 is 1.58 bits per heavy atom. The van der Waals surface area contributed by atoms with Crippen molar-refractivity contribution >= 4 is 21.8 Å². The third-order valence-electron chi connectivity index (χ3n) is 5.17. The number of methoxy groups -OCH3 is 2. The normalized spacial score (nSPS) is 11.2. The predicted octanol–water partition coefficient (Wildman–Crippen LogP) is 5.30. The number of anilines is 1. The largest absolute Gasteiger partial charge is 0.495 e. The molecule has 0 radical (unpaired) electrons. The Balaban J connectivity index is 1.86. The van der Waals surface area contributed by atoms with Crippen LogP contribution in [-0.4, -0.2) is 40.1 Å². The van der Waals surface area contributed by atoms with E-state index in [-0.39, 0.29) is 34.9 Å². The highest BCUT2D eigenvalue weighted by Crippen LogP contribution is 2.28. The molecule has 0 aliphatic rings. The molecule has 0 atom stereocenters. The summed E-state index contributed by atoms with van der Waals surface area (Å²) >= 11 is 0. The molecule has 36 heavy (non-hydrogen) atoms. The number of amides is 2. The van der Waals surface area contributed by atoms with E-state index in [0.29, 0.717) is 23.5 Å². The lowest BCUT2D eigenvalue weighted by Crippen LogP contribution is -2.37. The van der Waals surface area contributed by atoms with Crippen LogP contribution in [0, 0.1) is 11.7 Å². The summed E-state index contributed by atoms with van der Waals surface area (Å²) in [5.41, 5.74) is 0.971. The highest BCUT2D eigenvalue weighted by atomic mass is 32.2. The number of carbonyl (C=O) groups excluding carboxylic acids is 1. The quantitative estimate of drug-likeness (QED) is 0.368. The maximum Gasteiger partial charge on any atom is 0.339 e. The minimum Gasteiger partial charge on any atom is -0.495 e. The maximum atomic E-state index is 14.1. The number of para-hydroxylation sites is 3. The van der Waals surface area contributed by atoms with Crippen LogP contribution in [0.15, 0.2) is 71.6 Å². The zero-order valence-corrected chi connectivity index (χ0v) is 21.3. The molecule has 1 N–H and O–H groups in total. The fraction of sp³-hybridized carbons (Fsp3) is 0.269. The van der Waals surface area contributed by atoms with Crippen molar-refractivity contribution < 1.29 is 31.3 Å². The third kappa shape index (κ3) is 6.66. The lowest BCUT2D eigenvalue weighted by atomic mass is 10.1. The molecule has 0 fully saturated rings. The van der Waals surface area contributed by atoms with Crippen molar-refractivity contribution in [3.8, 4) is 17.2 Å². The molecule has 0 aromatic heterocycles. The summed E-state index contributed by atoms with van der Waals surface area (Å²) in [5.74, 6) is -0.233. The highest BCUT2D eigenvalue weighted by molar-refractivity contribution is 7.87. The van der Waals surface area contributed by atoms with Crippen molar-refractivity contribution in [1.82, 2.24) is 4.90 Å². The van der Waals surface area contributed by atoms with E-state index >= 15 is 0 Å². The van der Waals surface area contributed by atoms with Crippen molar-refractivity contribution in [2.75, 3.05) is 26.1 Å². The molecular weight excluding hydrogens is 487 g/mol. The molecule has 0 bridgehead atoms. The van der Waals surface area contributed by atoms with Gasteiger partial charge in [0.25, 0.3) is 0 Å². The van der Waals surface area contributed by atoms with E-state index in [4.69, 9.17) is 13.7 Å². The molecule has 0 saturated heterocycles. The van der Waals surface area contributed by atoms with Gasteiger partial charge in [0.2, 0.25) is 0 Å². The van der Waals surface area contributed by atoms with E-state index in [1.165, 1.54) is 32.4 Å². The van der Waals surface area contributed by atoms with Gasteiger partial charge in [-0.15, -0.1) is 0 Å². The van der Waals surface area contributed by atoms with Crippen LogP contribution >= 0.6 is 0 Å². The Labute approximate surface area is 210 Å². The van der Waals surface area contributed by atoms with Crippen LogP contribution in [0.2, 0.25) is 0 Å². The zero-order chi connectivity index (χ0) is 26.3. The number of carbonyl (C=O) groups is 1. The van der Waals surface area contributed by atoms with Gasteiger partial charge in [0.15, 0.2) is 11.6 Å². The summed E-state index contributed by atoms with van der Waals surface area (Å²) in [7, 11) is -1.55. The van der Waals surface area contributed by atoms with Crippen LogP contribution in [0.5, 0.6) is 17.2 Å². The molecular formula is C26H29FN2O6S. The van der Waals surface area contributed by atoms with Gasteiger partial charge in [-0.1, -0.05) is 44.2 Å². The topological polar surface area (TPSA) is 94.2 Å². The molecule has 3 rings (SSSR count). The number of benzene rings is 3. The lowest BCUT2D eigenvalue weighted by molar-refractivity contribution is 0.201. The molecule has 0 spiro atoms. The van der Waals surface area contributed by atoms with Crippen molar-refractivity contribution in [2.24, 2.45) is 5.92 Å². The lowest BCUT2D eigenvalue weighted by Gasteiger charge is -2.26. The first-order valence-corrected chi connectivity index (χ1v) is 12.6. The van der Waals surface area contributed by atoms with Gasteiger partial charge in [-0.05, 0) is 42.3 Å². The van der Waals surface area contributed by atoms with Gasteiger partial charge >= 0.3 is 16.1 Å². The molecule has 0 heterocycles. The van der Waals surface area contributed by atoms with Crippen LogP contribution in [0.25, 0.3) is 0 Å². The molecule has 8 nitrogen and oxygen atoms in total. The molecule has 3 aromatic carbocycles. The Bertz CT molecular complexity index is 1310. The number of urea groups is 1. The second kappa shape index (κ2) is 11.8. The summed E-state index contributed by atoms with van der Waals surface area (Å²) in [4.78, 5) is 14.4. The van der Waals surface area contributed by atoms with Crippen LogP contribution in [0.3, 0.4) is 0 Å². The summed E-state index contributed by atoms with van der Waals surface area (Å²) in [5, 5.41) is 2.85. The van der Waals surface area contributed by atoms with Gasteiger partial charge < -0.3 is 23.9 Å². The van der Waals surface area contributed by atoms with Crippen molar-refractivity contribution in [3.63, 3.8) is 0 Å². The van der Waals surface area contributed by atoms with Crippen LogP contribution in [0.1, 0.15) is 19.4 Å². The van der Waals surface area contributed by atoms with Gasteiger partial charge in [-0.3, -0.25) is 0 Å². The number of hydrogen-bond acceptors (Lipinski definition) is 6. The molecule has 2 amide bonds. The highest BCUT2D eigenvalue weighted by Gasteiger charge is 2.23. The first-order chi connectivity index (χ1) is 17.1. The number of nitrogens with one attached hydrogen (secondary N) is 1. The molecule has 0 aliphatic heterocycles. The first kappa shape index (κ1) is 26.8. The molecule has 10 heteroatoms. The number of hydrogen-bond donors (Lipinski definition) is 1. The SMILES string of the molecule is COc1ccc(S(=O)(=O)Oc2ccccc2CN(CC(C)C)C(=O)Nc2ccccc2OC)cc1F. The molecule has 0 saturated carbocycles. The maximum absolute atomic E-state index is 14.1. The van der Waals surface area contributed by atoms with E-state index in [0.717, 1.165) is 6.07 Å². The number of nitrogens with zero attached hydrogens (tertiary/aromatic N) is 1. The number of halogens is 1. The molecule has 192 valence electrons. The Morgan fingerprint density at radius 1 is 0.944 bits per heavy atom. The van der Waals surface area contributed by atoms with Crippen molar-refractivity contribution in [1.29, 1.82) is 0 Å². The van der Waals surface area contributed by atoms with Crippen LogP contribution in [-0.2, 0) is 16.7 Å². The number of rotatable bonds is 10. The fourth-order valence-electron chi connectivity index (χ4n) is 3.49. The van der Waals surface area contributed by atoms with E-state index in [1.54, 1.807) is 47.4 Å². The van der Waals surface area contributed by atoms with Gasteiger partial charge in [0, 0.05) is 12.1 Å². The average molecular weight is 517 g/mol. The van der Waals surface area contributed by atoms with Gasteiger partial charge in [-0.25, -0.2) is 9.18 Å². The minimum atomic E-state index is -4.35. The van der Waals surface area contributed by atoms with E-state index in [2.05, 4.69) is 5.32 Å². The molecule has 3 aromatic rings. The Morgan fingerprint density at radius 3 is 2.22 bits per heavy atom. The Hall–Kier alpha value is -3.79. The standard InChI is InChI=1S/C26H29FN2O6S/c1-18(2)16-29(26(30)28-22-10-6-8-12-25(22)34-4)17-19-9-5-7-11-23(19)35-36(31,32)20-13-14-24(33-3)21(27)15-20/h5-15,18H,16-17H2,1-4H3,(H,28,30). The third-order valence-corrected chi connectivity index (χ3v) is 6.40. The smallest absolute Gasteiger partial charge is 0.339 e. The summed E-state index contributed by atoms with van der Waals surface area (Å²) in [6, 6.07) is 16.4. The monoisotopic (exact) mass is 516 g/mol. The van der Waals surface area contributed by atoms with Crippen molar-refractivity contribution in [2.45, 2.75) is 25.3 Å². The van der Waals surface area contributed by atoms with Crippen LogP contribution in [0.4, 0.5) is 14.9 Å². The number of ether oxygens (including phenoxy) is 2. The predicted molar refractivity (Wildman–Crippen MR) is 134 cm³/mol. The fourth-order valence-corrected chi connectivity index (χ4v) is 4.47. The molecule has 0 aliphatic carbocycles.